The second kappa shape index (κ2) is 11.2. The fourth-order valence-corrected chi connectivity index (χ4v) is 7.01. The summed E-state index contributed by atoms with van der Waals surface area (Å²) < 4.78 is 2.38. The molecule has 0 saturated carbocycles. The van der Waals surface area contributed by atoms with Gasteiger partial charge in [-0.25, -0.2) is 15.0 Å². The van der Waals surface area contributed by atoms with Crippen molar-refractivity contribution in [2.75, 3.05) is 0 Å². The molecule has 4 nitrogen and oxygen atoms in total. The Balaban J connectivity index is 1.34. The molecule has 226 valence electrons. The molecule has 0 amide bonds. The molecule has 0 aliphatic heterocycles. The van der Waals surface area contributed by atoms with E-state index >= 15 is 0 Å². The van der Waals surface area contributed by atoms with Crippen LogP contribution in [0.15, 0.2) is 146 Å². The summed E-state index contributed by atoms with van der Waals surface area (Å²) in [5.41, 5.74) is 11.4. The van der Waals surface area contributed by atoms with Crippen LogP contribution in [0, 0.1) is 0 Å². The summed E-state index contributed by atoms with van der Waals surface area (Å²) in [5.74, 6) is 1.82. The smallest absolute Gasteiger partial charge is 0.164 e. The maximum atomic E-state index is 5.00. The van der Waals surface area contributed by atoms with Gasteiger partial charge in [0.05, 0.1) is 11.0 Å². The van der Waals surface area contributed by atoms with Crippen LogP contribution in [-0.4, -0.2) is 19.5 Å². The molecule has 7 aromatic rings. The lowest BCUT2D eigenvalue weighted by Crippen LogP contribution is -2.14. The van der Waals surface area contributed by atoms with Crippen LogP contribution in [0.5, 0.6) is 0 Å². The van der Waals surface area contributed by atoms with Gasteiger partial charge in [-0.05, 0) is 59.5 Å². The minimum atomic E-state index is -0.0955. The first-order valence-corrected chi connectivity index (χ1v) is 16.0. The van der Waals surface area contributed by atoms with Crippen molar-refractivity contribution < 1.29 is 0 Å². The average molecular weight is 607 g/mol. The van der Waals surface area contributed by atoms with Gasteiger partial charge in [-0.15, -0.1) is 0 Å². The lowest BCUT2D eigenvalue weighted by Gasteiger charge is -2.21. The molecule has 4 heteroatoms. The van der Waals surface area contributed by atoms with Crippen LogP contribution in [-0.2, 0) is 5.41 Å². The van der Waals surface area contributed by atoms with Crippen molar-refractivity contribution in [2.45, 2.75) is 26.2 Å². The molecular weight excluding hydrogens is 573 g/mol. The zero-order valence-electron chi connectivity index (χ0n) is 26.8. The van der Waals surface area contributed by atoms with Crippen molar-refractivity contribution in [3.63, 3.8) is 0 Å². The van der Waals surface area contributed by atoms with E-state index in [-0.39, 0.29) is 5.41 Å². The van der Waals surface area contributed by atoms with Crippen LogP contribution in [0.4, 0.5) is 0 Å². The standard InChI is InChI=1S/C43H34N4/c1-5-7-16-28(6-2)40-44-41(29-17-9-8-10-18-29)46-42(45-40)30-19-15-20-31(25-30)47-38-24-14-12-22-33(38)35-26-34-32-21-11-13-23-36(32)43(3,4)37(34)27-39(35)47/h5-27H,2H2,1,3-4H3/b7-5-,28-16+. The third-order valence-electron chi connectivity index (χ3n) is 9.35. The molecule has 0 bridgehead atoms. The molecule has 2 heterocycles. The van der Waals surface area contributed by atoms with Crippen molar-refractivity contribution >= 4 is 27.4 Å². The van der Waals surface area contributed by atoms with Crippen molar-refractivity contribution in [1.29, 1.82) is 0 Å². The van der Waals surface area contributed by atoms with Gasteiger partial charge in [-0.1, -0.05) is 130 Å². The number of rotatable bonds is 6. The monoisotopic (exact) mass is 606 g/mol. The summed E-state index contributed by atoms with van der Waals surface area (Å²) in [6.45, 7) is 10.7. The second-order valence-corrected chi connectivity index (χ2v) is 12.5. The van der Waals surface area contributed by atoms with Gasteiger partial charge in [0.25, 0.3) is 0 Å². The topological polar surface area (TPSA) is 43.6 Å². The predicted molar refractivity (Wildman–Crippen MR) is 196 cm³/mol. The van der Waals surface area contributed by atoms with Crippen molar-refractivity contribution in [2.24, 2.45) is 0 Å². The molecule has 47 heavy (non-hydrogen) atoms. The highest BCUT2D eigenvalue weighted by Crippen LogP contribution is 2.51. The van der Waals surface area contributed by atoms with E-state index in [0.717, 1.165) is 22.4 Å². The lowest BCUT2D eigenvalue weighted by molar-refractivity contribution is 0.661. The molecule has 1 aliphatic carbocycles. The highest BCUT2D eigenvalue weighted by atomic mass is 15.0. The summed E-state index contributed by atoms with van der Waals surface area (Å²) in [7, 11) is 0. The van der Waals surface area contributed by atoms with Crippen molar-refractivity contribution in [1.82, 2.24) is 19.5 Å². The normalized spacial score (nSPS) is 13.7. The highest BCUT2D eigenvalue weighted by Gasteiger charge is 2.36. The Bertz CT molecular complexity index is 2410. The molecule has 0 radical (unpaired) electrons. The van der Waals surface area contributed by atoms with E-state index < -0.39 is 0 Å². The molecule has 0 N–H and O–H groups in total. The Hall–Kier alpha value is -5.87. The molecule has 0 spiro atoms. The second-order valence-electron chi connectivity index (χ2n) is 12.5. The lowest BCUT2D eigenvalue weighted by atomic mass is 9.82. The summed E-state index contributed by atoms with van der Waals surface area (Å²) in [5, 5.41) is 2.48. The molecule has 5 aromatic carbocycles. The summed E-state index contributed by atoms with van der Waals surface area (Å²) in [4.78, 5) is 14.9. The minimum Gasteiger partial charge on any atom is -0.309 e. The molecular formula is C43H34N4. The number of para-hydroxylation sites is 1. The predicted octanol–water partition coefficient (Wildman–Crippen LogP) is 10.8. The van der Waals surface area contributed by atoms with Gasteiger partial charge in [0.2, 0.25) is 0 Å². The van der Waals surface area contributed by atoms with Gasteiger partial charge in [-0.2, -0.15) is 0 Å². The van der Waals surface area contributed by atoms with E-state index in [2.05, 4.69) is 110 Å². The number of fused-ring (bicyclic) bond motifs is 6. The van der Waals surface area contributed by atoms with Gasteiger partial charge >= 0.3 is 0 Å². The van der Waals surface area contributed by atoms with Gasteiger partial charge < -0.3 is 4.57 Å². The number of hydrogen-bond donors (Lipinski definition) is 0. The SMILES string of the molecule is C=C/C(=C\C=C/C)c1nc(-c2ccccc2)nc(-c2cccc(-n3c4ccccc4c4cc5c(cc43)C(C)(C)c3ccccc3-5)c2)n1. The Kier molecular flexibility index (Phi) is 6.80. The molecule has 2 aromatic heterocycles. The molecule has 0 fully saturated rings. The van der Waals surface area contributed by atoms with Gasteiger partial charge in [0.15, 0.2) is 17.5 Å². The average Bonchev–Trinajstić information content (AvgIpc) is 3.56. The Morgan fingerprint density at radius 3 is 2.19 bits per heavy atom. The minimum absolute atomic E-state index is 0.0955. The van der Waals surface area contributed by atoms with Crippen LogP contribution >= 0.6 is 0 Å². The van der Waals surface area contributed by atoms with Crippen molar-refractivity contribution in [3.05, 3.63) is 163 Å². The van der Waals surface area contributed by atoms with Gasteiger partial charge in [-0.3, -0.25) is 0 Å². The quantitative estimate of drug-likeness (QED) is 0.177. The van der Waals surface area contributed by atoms with E-state index in [1.165, 1.54) is 44.1 Å². The van der Waals surface area contributed by atoms with Gasteiger partial charge in [0, 0.05) is 38.6 Å². The maximum absolute atomic E-state index is 5.00. The zero-order chi connectivity index (χ0) is 32.1. The first-order valence-electron chi connectivity index (χ1n) is 16.0. The third kappa shape index (κ3) is 4.64. The van der Waals surface area contributed by atoms with E-state index in [1.54, 1.807) is 6.08 Å². The first kappa shape index (κ1) is 28.6. The summed E-state index contributed by atoms with van der Waals surface area (Å²) in [6.07, 6.45) is 7.73. The maximum Gasteiger partial charge on any atom is 0.164 e. The van der Waals surface area contributed by atoms with Gasteiger partial charge in [0.1, 0.15) is 0 Å². The van der Waals surface area contributed by atoms with E-state index in [1.807, 2.05) is 55.5 Å². The van der Waals surface area contributed by atoms with Crippen LogP contribution < -0.4 is 0 Å². The number of aromatic nitrogens is 4. The van der Waals surface area contributed by atoms with E-state index in [4.69, 9.17) is 15.0 Å². The number of allylic oxidation sites excluding steroid dienone is 5. The molecule has 0 atom stereocenters. The molecule has 1 aliphatic rings. The Morgan fingerprint density at radius 2 is 1.38 bits per heavy atom. The van der Waals surface area contributed by atoms with Crippen LogP contribution in [0.1, 0.15) is 37.7 Å². The number of nitrogens with zero attached hydrogens (tertiary/aromatic N) is 4. The molecule has 0 saturated heterocycles. The third-order valence-corrected chi connectivity index (χ3v) is 9.35. The zero-order valence-corrected chi connectivity index (χ0v) is 26.8. The summed E-state index contributed by atoms with van der Waals surface area (Å²) in [6, 6.07) is 40.9. The fraction of sp³-hybridized carbons (Fsp3) is 0.0930. The largest absolute Gasteiger partial charge is 0.309 e. The van der Waals surface area contributed by atoms with Crippen LogP contribution in [0.3, 0.4) is 0 Å². The van der Waals surface area contributed by atoms with Crippen LogP contribution in [0.25, 0.3) is 67.0 Å². The number of hydrogen-bond acceptors (Lipinski definition) is 3. The Labute approximate surface area is 275 Å². The fourth-order valence-electron chi connectivity index (χ4n) is 7.01. The Morgan fingerprint density at radius 1 is 0.660 bits per heavy atom. The van der Waals surface area contributed by atoms with Crippen LogP contribution in [0.2, 0.25) is 0 Å². The number of benzene rings is 5. The van der Waals surface area contributed by atoms with E-state index in [9.17, 15) is 0 Å². The molecule has 8 rings (SSSR count). The first-order chi connectivity index (χ1) is 23.0. The van der Waals surface area contributed by atoms with Crippen molar-refractivity contribution in [3.8, 4) is 39.6 Å². The van der Waals surface area contributed by atoms with E-state index in [0.29, 0.717) is 17.5 Å². The summed E-state index contributed by atoms with van der Waals surface area (Å²) >= 11 is 0. The molecule has 0 unspecified atom stereocenters. The highest BCUT2D eigenvalue weighted by molar-refractivity contribution is 6.11.